The molecule has 2 nitrogen and oxygen atoms in total. The van der Waals surface area contributed by atoms with Gasteiger partial charge in [0.1, 0.15) is 5.41 Å². The van der Waals surface area contributed by atoms with Crippen molar-refractivity contribution in [2.75, 3.05) is 6.54 Å². The lowest BCUT2D eigenvalue weighted by molar-refractivity contribution is -0.124. The SMILES string of the molecule is C#CC1(C(=O)NCC(=S)Cc2ccccc2)CC1. The number of nitrogens with one attached hydrogen (secondary N) is 1. The molecule has 92 valence electrons. The normalized spacial score (nSPS) is 15.5. The summed E-state index contributed by atoms with van der Waals surface area (Å²) in [5.74, 6) is 2.52. The fourth-order valence-corrected chi connectivity index (χ4v) is 2.03. The Morgan fingerprint density at radius 3 is 2.61 bits per heavy atom. The minimum atomic E-state index is -0.539. The zero-order chi connectivity index (χ0) is 13.0. The maximum atomic E-state index is 11.8. The molecule has 1 saturated carbocycles. The Morgan fingerprint density at radius 2 is 2.06 bits per heavy atom. The van der Waals surface area contributed by atoms with Gasteiger partial charge in [-0.05, 0) is 18.4 Å². The fourth-order valence-electron chi connectivity index (χ4n) is 1.80. The van der Waals surface area contributed by atoms with Crippen LogP contribution in [-0.4, -0.2) is 17.3 Å². The van der Waals surface area contributed by atoms with E-state index in [0.717, 1.165) is 23.3 Å². The highest BCUT2D eigenvalue weighted by Crippen LogP contribution is 2.44. The van der Waals surface area contributed by atoms with Crippen molar-refractivity contribution in [1.29, 1.82) is 0 Å². The van der Waals surface area contributed by atoms with Crippen LogP contribution in [0.4, 0.5) is 0 Å². The summed E-state index contributed by atoms with van der Waals surface area (Å²) in [6.07, 6.45) is 7.65. The van der Waals surface area contributed by atoms with Gasteiger partial charge in [-0.3, -0.25) is 4.79 Å². The summed E-state index contributed by atoms with van der Waals surface area (Å²) < 4.78 is 0. The third kappa shape index (κ3) is 2.96. The van der Waals surface area contributed by atoms with Crippen LogP contribution in [0.15, 0.2) is 30.3 Å². The molecular formula is C15H15NOS. The minimum Gasteiger partial charge on any atom is -0.350 e. The van der Waals surface area contributed by atoms with Gasteiger partial charge in [0, 0.05) is 17.8 Å². The number of hydrogen-bond acceptors (Lipinski definition) is 2. The van der Waals surface area contributed by atoms with Crippen LogP contribution in [-0.2, 0) is 11.2 Å². The highest BCUT2D eigenvalue weighted by Gasteiger charge is 2.48. The monoisotopic (exact) mass is 257 g/mol. The van der Waals surface area contributed by atoms with Gasteiger partial charge in [0.15, 0.2) is 0 Å². The van der Waals surface area contributed by atoms with Crippen molar-refractivity contribution >= 4 is 23.0 Å². The molecule has 1 aromatic rings. The summed E-state index contributed by atoms with van der Waals surface area (Å²) in [6.45, 7) is 0.423. The number of thiocarbonyl (C=S) groups is 1. The first-order valence-electron chi connectivity index (χ1n) is 5.98. The molecule has 0 unspecified atom stereocenters. The zero-order valence-electron chi connectivity index (χ0n) is 10.1. The largest absolute Gasteiger partial charge is 0.350 e. The lowest BCUT2D eigenvalue weighted by Gasteiger charge is -2.10. The van der Waals surface area contributed by atoms with E-state index in [4.69, 9.17) is 18.6 Å². The smallest absolute Gasteiger partial charge is 0.238 e. The maximum absolute atomic E-state index is 11.8. The number of terminal acetylenes is 1. The highest BCUT2D eigenvalue weighted by molar-refractivity contribution is 7.80. The van der Waals surface area contributed by atoms with Gasteiger partial charge in [-0.25, -0.2) is 0 Å². The predicted octanol–water partition coefficient (Wildman–Crippen LogP) is 2.13. The van der Waals surface area contributed by atoms with Crippen molar-refractivity contribution in [3.05, 3.63) is 35.9 Å². The van der Waals surface area contributed by atoms with E-state index < -0.39 is 5.41 Å². The second kappa shape index (κ2) is 5.32. The van der Waals surface area contributed by atoms with E-state index in [1.807, 2.05) is 30.3 Å². The zero-order valence-corrected chi connectivity index (χ0v) is 10.9. The molecule has 0 spiro atoms. The van der Waals surface area contributed by atoms with E-state index in [-0.39, 0.29) is 5.91 Å². The summed E-state index contributed by atoms with van der Waals surface area (Å²) in [4.78, 5) is 12.6. The molecule has 1 N–H and O–H groups in total. The molecule has 0 aromatic heterocycles. The molecule has 1 fully saturated rings. The molecule has 1 aliphatic carbocycles. The Hall–Kier alpha value is -1.66. The molecule has 18 heavy (non-hydrogen) atoms. The molecule has 1 aliphatic rings. The van der Waals surface area contributed by atoms with Crippen molar-refractivity contribution < 1.29 is 4.79 Å². The third-order valence-corrected chi connectivity index (χ3v) is 3.44. The first-order chi connectivity index (χ1) is 8.66. The molecule has 0 atom stereocenters. The number of carbonyl (C=O) groups excluding carboxylic acids is 1. The molecule has 2 rings (SSSR count). The van der Waals surface area contributed by atoms with E-state index in [1.165, 1.54) is 0 Å². The van der Waals surface area contributed by atoms with Crippen molar-refractivity contribution in [1.82, 2.24) is 5.32 Å². The van der Waals surface area contributed by atoms with E-state index in [9.17, 15) is 4.79 Å². The van der Waals surface area contributed by atoms with Crippen LogP contribution in [0.1, 0.15) is 18.4 Å². The second-order valence-electron chi connectivity index (χ2n) is 4.61. The Kier molecular flexibility index (Phi) is 3.78. The van der Waals surface area contributed by atoms with E-state index in [2.05, 4.69) is 11.2 Å². The van der Waals surface area contributed by atoms with Gasteiger partial charge in [-0.2, -0.15) is 0 Å². The third-order valence-electron chi connectivity index (χ3n) is 3.15. The van der Waals surface area contributed by atoms with Crippen molar-refractivity contribution in [3.63, 3.8) is 0 Å². The Morgan fingerprint density at radius 1 is 1.39 bits per heavy atom. The van der Waals surface area contributed by atoms with Crippen molar-refractivity contribution in [2.45, 2.75) is 19.3 Å². The van der Waals surface area contributed by atoms with Crippen LogP contribution >= 0.6 is 12.2 Å². The average Bonchev–Trinajstić information content (AvgIpc) is 3.18. The average molecular weight is 257 g/mol. The number of carbonyl (C=O) groups is 1. The van der Waals surface area contributed by atoms with Gasteiger partial charge >= 0.3 is 0 Å². The Bertz CT molecular complexity index is 497. The number of rotatable bonds is 5. The number of amides is 1. The molecule has 0 aliphatic heterocycles. The predicted molar refractivity (Wildman–Crippen MR) is 76.3 cm³/mol. The minimum absolute atomic E-state index is 0.0552. The summed E-state index contributed by atoms with van der Waals surface area (Å²) in [5.41, 5.74) is 0.623. The summed E-state index contributed by atoms with van der Waals surface area (Å²) in [7, 11) is 0. The quantitative estimate of drug-likeness (QED) is 0.647. The topological polar surface area (TPSA) is 29.1 Å². The van der Waals surface area contributed by atoms with E-state index in [0.29, 0.717) is 13.0 Å². The molecular weight excluding hydrogens is 242 g/mol. The second-order valence-corrected chi connectivity index (χ2v) is 5.19. The van der Waals surface area contributed by atoms with Gasteiger partial charge in [0.2, 0.25) is 5.91 Å². The first-order valence-corrected chi connectivity index (χ1v) is 6.39. The lowest BCUT2D eigenvalue weighted by atomic mass is 10.1. The lowest BCUT2D eigenvalue weighted by Crippen LogP contribution is -2.35. The molecule has 0 bridgehead atoms. The van der Waals surface area contributed by atoms with Crippen LogP contribution in [0, 0.1) is 17.8 Å². The molecule has 0 heterocycles. The van der Waals surface area contributed by atoms with Gasteiger partial charge in [0.05, 0.1) is 0 Å². The van der Waals surface area contributed by atoms with E-state index >= 15 is 0 Å². The van der Waals surface area contributed by atoms with Gasteiger partial charge in [0.25, 0.3) is 0 Å². The van der Waals surface area contributed by atoms with Crippen LogP contribution < -0.4 is 5.32 Å². The summed E-state index contributed by atoms with van der Waals surface area (Å²) in [5, 5.41) is 2.83. The maximum Gasteiger partial charge on any atom is 0.238 e. The number of benzene rings is 1. The summed E-state index contributed by atoms with van der Waals surface area (Å²) >= 11 is 5.27. The van der Waals surface area contributed by atoms with Crippen LogP contribution in [0.2, 0.25) is 0 Å². The van der Waals surface area contributed by atoms with Gasteiger partial charge in [-0.15, -0.1) is 6.42 Å². The molecule has 1 amide bonds. The van der Waals surface area contributed by atoms with Crippen LogP contribution in [0.25, 0.3) is 0 Å². The van der Waals surface area contributed by atoms with Crippen molar-refractivity contribution in [2.24, 2.45) is 5.41 Å². The molecule has 3 heteroatoms. The summed E-state index contributed by atoms with van der Waals surface area (Å²) in [6, 6.07) is 9.98. The van der Waals surface area contributed by atoms with Crippen LogP contribution in [0.3, 0.4) is 0 Å². The number of hydrogen-bond donors (Lipinski definition) is 1. The first kappa shape index (κ1) is 12.8. The van der Waals surface area contributed by atoms with Crippen molar-refractivity contribution in [3.8, 4) is 12.3 Å². The Balaban J connectivity index is 1.79. The molecule has 1 aromatic carbocycles. The van der Waals surface area contributed by atoms with E-state index in [1.54, 1.807) is 0 Å². The standard InChI is InChI=1S/C15H15NOS/c1-2-15(8-9-15)14(17)16-11-13(18)10-12-6-4-3-5-7-12/h1,3-7H,8-11H2,(H,16,17). The van der Waals surface area contributed by atoms with Gasteiger partial charge in [-0.1, -0.05) is 48.5 Å². The fraction of sp³-hybridized carbons (Fsp3) is 0.333. The molecule has 0 radical (unpaired) electrons. The van der Waals surface area contributed by atoms with Gasteiger partial charge < -0.3 is 5.32 Å². The highest BCUT2D eigenvalue weighted by atomic mass is 32.1. The molecule has 0 saturated heterocycles. The van der Waals surface area contributed by atoms with Crippen LogP contribution in [0.5, 0.6) is 0 Å². The Labute approximate surface area is 113 Å².